The van der Waals surface area contributed by atoms with Gasteiger partial charge in [0.2, 0.25) is 0 Å². The molecule has 2 amide bonds. The van der Waals surface area contributed by atoms with Gasteiger partial charge in [-0.25, -0.2) is 0 Å². The number of nitrogens with zero attached hydrogens (tertiary/aromatic N) is 2. The zero-order valence-electron chi connectivity index (χ0n) is 23.5. The number of nitrogens with one attached hydrogen (secondary N) is 2. The molecule has 2 aromatic carbocycles. The number of rotatable bonds is 11. The van der Waals surface area contributed by atoms with Crippen molar-refractivity contribution in [3.8, 4) is 17.2 Å². The van der Waals surface area contributed by atoms with Crippen LogP contribution in [0.5, 0.6) is 17.2 Å². The van der Waals surface area contributed by atoms with Gasteiger partial charge in [-0.2, -0.15) is 0 Å². The normalized spacial score (nSPS) is 15.2. The van der Waals surface area contributed by atoms with Gasteiger partial charge in [0.25, 0.3) is 0 Å². The molecule has 1 aromatic heterocycles. The molecule has 1 fully saturated rings. The number of carbonyl (C=O) groups excluding carboxylic acids is 2. The second kappa shape index (κ2) is 14.0. The quantitative estimate of drug-likeness (QED) is 0.343. The van der Waals surface area contributed by atoms with Crippen LogP contribution in [0.2, 0.25) is 0 Å². The number of hydrogen-bond donors (Lipinski definition) is 2. The van der Waals surface area contributed by atoms with E-state index in [2.05, 4.69) is 32.6 Å². The second-order valence-electron chi connectivity index (χ2n) is 9.61. The monoisotopic (exact) mass is 566 g/mol. The van der Waals surface area contributed by atoms with Crippen LogP contribution in [-0.2, 0) is 16.0 Å². The first-order chi connectivity index (χ1) is 19.4. The number of amides is 2. The third-order valence-electron chi connectivity index (χ3n) is 7.15. The lowest BCUT2D eigenvalue weighted by molar-refractivity contribution is -0.139. The van der Waals surface area contributed by atoms with Crippen molar-refractivity contribution in [3.63, 3.8) is 0 Å². The molecule has 2 heterocycles. The van der Waals surface area contributed by atoms with E-state index in [1.165, 1.54) is 0 Å². The molecule has 1 saturated heterocycles. The Labute approximate surface area is 240 Å². The predicted octanol–water partition coefficient (Wildman–Crippen LogP) is 3.50. The van der Waals surface area contributed by atoms with Gasteiger partial charge >= 0.3 is 11.8 Å². The second-order valence-corrected chi connectivity index (χ2v) is 10.6. The Morgan fingerprint density at radius 3 is 2.27 bits per heavy atom. The lowest BCUT2D eigenvalue weighted by Gasteiger charge is -2.42. The van der Waals surface area contributed by atoms with E-state index in [0.717, 1.165) is 48.1 Å². The number of piperazine rings is 1. The van der Waals surface area contributed by atoms with Crippen LogP contribution >= 0.6 is 11.3 Å². The van der Waals surface area contributed by atoms with Crippen molar-refractivity contribution in [2.45, 2.75) is 25.4 Å². The fourth-order valence-electron chi connectivity index (χ4n) is 5.12. The summed E-state index contributed by atoms with van der Waals surface area (Å²) in [6.07, 6.45) is 0.559. The van der Waals surface area contributed by atoms with E-state index >= 15 is 0 Å². The molecule has 0 bridgehead atoms. The molecule has 0 aliphatic carbocycles. The van der Waals surface area contributed by atoms with Gasteiger partial charge in [-0.05, 0) is 54.6 Å². The molecule has 0 saturated carbocycles. The summed E-state index contributed by atoms with van der Waals surface area (Å²) >= 11 is 1.66. The highest BCUT2D eigenvalue weighted by atomic mass is 32.1. The molecule has 2 N–H and O–H groups in total. The molecule has 1 aliphatic rings. The van der Waals surface area contributed by atoms with E-state index < -0.39 is 11.8 Å². The van der Waals surface area contributed by atoms with E-state index in [-0.39, 0.29) is 12.1 Å². The third kappa shape index (κ3) is 7.05. The van der Waals surface area contributed by atoms with Gasteiger partial charge in [0.05, 0.1) is 33.1 Å². The van der Waals surface area contributed by atoms with Crippen molar-refractivity contribution in [3.05, 3.63) is 70.4 Å². The molecule has 2 atom stereocenters. The van der Waals surface area contributed by atoms with E-state index in [1.54, 1.807) is 32.7 Å². The summed E-state index contributed by atoms with van der Waals surface area (Å²) in [5.41, 5.74) is 2.06. The average molecular weight is 567 g/mol. The maximum atomic E-state index is 12.8. The van der Waals surface area contributed by atoms with Crippen molar-refractivity contribution >= 4 is 28.8 Å². The minimum Gasteiger partial charge on any atom is -0.495 e. The summed E-state index contributed by atoms with van der Waals surface area (Å²) in [5.74, 6) is 0.863. The SMILES string of the molecule is COc1ccc(CCNC(=O)C(=O)NC(C)C(c2cccs2)N2CCN(c3ccccc3OC)CC2)cc1OC. The molecule has 9 nitrogen and oxygen atoms in total. The Morgan fingerprint density at radius 2 is 1.60 bits per heavy atom. The molecular weight excluding hydrogens is 528 g/mol. The zero-order chi connectivity index (χ0) is 28.5. The van der Waals surface area contributed by atoms with Crippen molar-refractivity contribution in [1.29, 1.82) is 0 Å². The Kier molecular flexibility index (Phi) is 10.3. The number of ether oxygens (including phenoxy) is 3. The Morgan fingerprint density at radius 1 is 0.875 bits per heavy atom. The Bertz CT molecular complexity index is 1260. The maximum Gasteiger partial charge on any atom is 0.309 e. The molecule has 2 unspecified atom stereocenters. The van der Waals surface area contributed by atoms with Gasteiger partial charge < -0.3 is 29.7 Å². The van der Waals surface area contributed by atoms with E-state index in [4.69, 9.17) is 14.2 Å². The van der Waals surface area contributed by atoms with Crippen LogP contribution in [-0.4, -0.2) is 76.8 Å². The van der Waals surface area contributed by atoms with Gasteiger partial charge in [0.1, 0.15) is 5.75 Å². The van der Waals surface area contributed by atoms with Crippen molar-refractivity contribution in [2.24, 2.45) is 0 Å². The molecule has 3 aromatic rings. The molecular formula is C30H38N4O5S. The summed E-state index contributed by atoms with van der Waals surface area (Å²) in [4.78, 5) is 31.4. The smallest absolute Gasteiger partial charge is 0.309 e. The molecule has 1 aliphatic heterocycles. The topological polar surface area (TPSA) is 92.4 Å². The van der Waals surface area contributed by atoms with Crippen LogP contribution in [0.3, 0.4) is 0 Å². The molecule has 40 heavy (non-hydrogen) atoms. The van der Waals surface area contributed by atoms with E-state index in [9.17, 15) is 9.59 Å². The molecule has 0 spiro atoms. The van der Waals surface area contributed by atoms with Crippen LogP contribution in [0.1, 0.15) is 23.4 Å². The summed E-state index contributed by atoms with van der Waals surface area (Å²) in [6, 6.07) is 17.5. The summed E-state index contributed by atoms with van der Waals surface area (Å²) in [5, 5.41) is 7.73. The van der Waals surface area contributed by atoms with Crippen molar-refractivity contribution in [1.82, 2.24) is 15.5 Å². The van der Waals surface area contributed by atoms with Gasteiger partial charge in [-0.3, -0.25) is 14.5 Å². The fourth-order valence-corrected chi connectivity index (χ4v) is 6.09. The Hall–Kier alpha value is -3.76. The van der Waals surface area contributed by atoms with Gasteiger partial charge in [-0.15, -0.1) is 11.3 Å². The molecule has 4 rings (SSSR count). The highest BCUT2D eigenvalue weighted by molar-refractivity contribution is 7.10. The standard InChI is InChI=1S/C30H38N4O5S/c1-21(32-30(36)29(35)31-14-13-22-11-12-25(38-3)26(20-22)39-4)28(27-10-7-19-40-27)34-17-15-33(16-18-34)23-8-5-6-9-24(23)37-2/h5-12,19-21,28H,13-18H2,1-4H3,(H,31,35)(H,32,36). The van der Waals surface area contributed by atoms with Crippen LogP contribution < -0.4 is 29.7 Å². The lowest BCUT2D eigenvalue weighted by atomic mass is 10.0. The number of thiophene rings is 1. The first kappa shape index (κ1) is 29.2. The van der Waals surface area contributed by atoms with E-state index in [0.29, 0.717) is 24.5 Å². The maximum absolute atomic E-state index is 12.8. The largest absolute Gasteiger partial charge is 0.495 e. The summed E-state index contributed by atoms with van der Waals surface area (Å²) in [6.45, 7) is 5.59. The van der Waals surface area contributed by atoms with Crippen molar-refractivity contribution in [2.75, 3.05) is 59.0 Å². The van der Waals surface area contributed by atoms with Crippen LogP contribution in [0, 0.1) is 0 Å². The Balaban J connectivity index is 1.33. The van der Waals surface area contributed by atoms with Crippen LogP contribution in [0.15, 0.2) is 60.0 Å². The first-order valence-corrected chi connectivity index (χ1v) is 14.3. The first-order valence-electron chi connectivity index (χ1n) is 13.4. The van der Waals surface area contributed by atoms with Crippen LogP contribution in [0.25, 0.3) is 0 Å². The van der Waals surface area contributed by atoms with Gasteiger partial charge in [0.15, 0.2) is 11.5 Å². The number of benzene rings is 2. The highest BCUT2D eigenvalue weighted by Crippen LogP contribution is 2.33. The summed E-state index contributed by atoms with van der Waals surface area (Å²) < 4.78 is 16.2. The van der Waals surface area contributed by atoms with E-state index in [1.807, 2.05) is 54.8 Å². The van der Waals surface area contributed by atoms with Crippen molar-refractivity contribution < 1.29 is 23.8 Å². The highest BCUT2D eigenvalue weighted by Gasteiger charge is 2.32. The minimum absolute atomic E-state index is 0.0386. The fraction of sp³-hybridized carbons (Fsp3) is 0.400. The number of hydrogen-bond acceptors (Lipinski definition) is 8. The number of anilines is 1. The third-order valence-corrected chi connectivity index (χ3v) is 8.10. The van der Waals surface area contributed by atoms with Gasteiger partial charge in [-0.1, -0.05) is 24.3 Å². The molecule has 0 radical (unpaired) electrons. The number of methoxy groups -OCH3 is 3. The number of para-hydroxylation sites is 2. The number of carbonyl (C=O) groups is 2. The average Bonchev–Trinajstić information content (AvgIpc) is 3.51. The zero-order valence-corrected chi connectivity index (χ0v) is 24.3. The minimum atomic E-state index is -0.641. The molecule has 214 valence electrons. The van der Waals surface area contributed by atoms with Crippen LogP contribution in [0.4, 0.5) is 5.69 Å². The summed E-state index contributed by atoms with van der Waals surface area (Å²) in [7, 11) is 4.86. The van der Waals surface area contributed by atoms with Gasteiger partial charge in [0, 0.05) is 43.6 Å². The lowest BCUT2D eigenvalue weighted by Crippen LogP contribution is -2.53. The molecule has 10 heteroatoms. The predicted molar refractivity (Wildman–Crippen MR) is 158 cm³/mol.